The van der Waals surface area contributed by atoms with Crippen molar-refractivity contribution in [2.45, 2.75) is 39.3 Å². The number of hydrogen-bond acceptors (Lipinski definition) is 2. The topological polar surface area (TPSA) is 59.6 Å². The molecule has 0 saturated heterocycles. The number of hydrogen-bond donors (Lipinski definition) is 2. The van der Waals surface area contributed by atoms with E-state index in [0.717, 1.165) is 16.8 Å². The van der Waals surface area contributed by atoms with E-state index in [4.69, 9.17) is 10.5 Å². The molecule has 25 heavy (non-hydrogen) atoms. The maximum atomic E-state index is 6.02. The monoisotopic (exact) mass is 453 g/mol. The summed E-state index contributed by atoms with van der Waals surface area (Å²) < 4.78 is 5.20. The Hall–Kier alpha value is -1.60. The Morgan fingerprint density at radius 2 is 1.72 bits per heavy atom. The number of halogens is 1. The lowest BCUT2D eigenvalue weighted by atomic mass is 9.87. The zero-order chi connectivity index (χ0) is 17.6. The molecule has 0 aliphatic rings. The highest BCUT2D eigenvalue weighted by molar-refractivity contribution is 14.0. The molecule has 0 amide bonds. The van der Waals surface area contributed by atoms with Gasteiger partial charge in [-0.2, -0.15) is 0 Å². The molecule has 0 aromatic heterocycles. The fourth-order valence-corrected chi connectivity index (χ4v) is 2.39. The summed E-state index contributed by atoms with van der Waals surface area (Å²) in [4.78, 5) is 4.43. The van der Waals surface area contributed by atoms with E-state index in [1.165, 1.54) is 5.56 Å². The van der Waals surface area contributed by atoms with Crippen LogP contribution in [0.2, 0.25) is 0 Å². The molecule has 136 valence electrons. The standard InChI is InChI=1S/C20H27N3O.HI/c1-20(2,3)17-11-9-15(10-12-17)13-22-19(21)23-18-8-6-5-7-16(18)14-24-4;/h5-12H,13-14H2,1-4H3,(H3,21,22,23);1H. The summed E-state index contributed by atoms with van der Waals surface area (Å²) in [6.45, 7) is 7.71. The van der Waals surface area contributed by atoms with Crippen molar-refractivity contribution >= 4 is 35.6 Å². The summed E-state index contributed by atoms with van der Waals surface area (Å²) >= 11 is 0. The molecule has 0 unspecified atom stereocenters. The molecule has 0 saturated carbocycles. The summed E-state index contributed by atoms with van der Waals surface area (Å²) in [5.41, 5.74) is 10.6. The van der Waals surface area contributed by atoms with Gasteiger partial charge in [-0.15, -0.1) is 24.0 Å². The molecular weight excluding hydrogens is 425 g/mol. The third-order valence-corrected chi connectivity index (χ3v) is 3.83. The van der Waals surface area contributed by atoms with Crippen LogP contribution >= 0.6 is 24.0 Å². The molecule has 0 heterocycles. The van der Waals surface area contributed by atoms with Crippen molar-refractivity contribution in [2.75, 3.05) is 12.4 Å². The van der Waals surface area contributed by atoms with Gasteiger partial charge in [0.1, 0.15) is 0 Å². The lowest BCUT2D eigenvalue weighted by Crippen LogP contribution is -2.23. The van der Waals surface area contributed by atoms with Crippen molar-refractivity contribution in [3.8, 4) is 0 Å². The summed E-state index contributed by atoms with van der Waals surface area (Å²) in [7, 11) is 1.68. The highest BCUT2D eigenvalue weighted by atomic mass is 127. The van der Waals surface area contributed by atoms with Gasteiger partial charge in [0.2, 0.25) is 0 Å². The van der Waals surface area contributed by atoms with E-state index in [9.17, 15) is 0 Å². The molecule has 2 aromatic rings. The molecule has 0 atom stereocenters. The third kappa shape index (κ3) is 6.66. The van der Waals surface area contributed by atoms with Crippen LogP contribution in [0.4, 0.5) is 5.69 Å². The molecule has 0 aliphatic carbocycles. The second kappa shape index (κ2) is 9.77. The lowest BCUT2D eigenvalue weighted by Gasteiger charge is -2.19. The highest BCUT2D eigenvalue weighted by Gasteiger charge is 2.12. The van der Waals surface area contributed by atoms with Crippen LogP contribution in [-0.4, -0.2) is 13.1 Å². The van der Waals surface area contributed by atoms with Gasteiger partial charge in [-0.25, -0.2) is 4.99 Å². The van der Waals surface area contributed by atoms with Crippen molar-refractivity contribution in [1.82, 2.24) is 0 Å². The van der Waals surface area contributed by atoms with Crippen LogP contribution in [0.15, 0.2) is 53.5 Å². The summed E-state index contributed by atoms with van der Waals surface area (Å²) in [6, 6.07) is 16.4. The normalized spacial score (nSPS) is 11.8. The first kappa shape index (κ1) is 21.4. The van der Waals surface area contributed by atoms with E-state index in [-0.39, 0.29) is 29.4 Å². The summed E-state index contributed by atoms with van der Waals surface area (Å²) in [6.07, 6.45) is 0. The minimum absolute atomic E-state index is 0. The van der Waals surface area contributed by atoms with Crippen molar-refractivity contribution in [1.29, 1.82) is 0 Å². The Morgan fingerprint density at radius 1 is 1.08 bits per heavy atom. The molecule has 0 spiro atoms. The molecule has 0 aliphatic heterocycles. The average Bonchev–Trinajstić information content (AvgIpc) is 2.55. The zero-order valence-corrected chi connectivity index (χ0v) is 17.7. The van der Waals surface area contributed by atoms with E-state index in [1.807, 2.05) is 24.3 Å². The molecule has 4 nitrogen and oxygen atoms in total. The number of ether oxygens (including phenoxy) is 1. The van der Waals surface area contributed by atoms with E-state index in [1.54, 1.807) is 7.11 Å². The highest BCUT2D eigenvalue weighted by Crippen LogP contribution is 2.22. The number of methoxy groups -OCH3 is 1. The Morgan fingerprint density at radius 3 is 2.32 bits per heavy atom. The van der Waals surface area contributed by atoms with Gasteiger partial charge in [-0.1, -0.05) is 63.2 Å². The van der Waals surface area contributed by atoms with Gasteiger partial charge in [-0.3, -0.25) is 0 Å². The van der Waals surface area contributed by atoms with E-state index >= 15 is 0 Å². The van der Waals surface area contributed by atoms with Crippen LogP contribution in [0.5, 0.6) is 0 Å². The molecule has 0 radical (unpaired) electrons. The largest absolute Gasteiger partial charge is 0.380 e. The fraction of sp³-hybridized carbons (Fsp3) is 0.350. The number of benzene rings is 2. The Bertz CT molecular complexity index is 691. The Labute approximate surface area is 167 Å². The van der Waals surface area contributed by atoms with Crippen molar-refractivity contribution < 1.29 is 4.74 Å². The Kier molecular flexibility index (Phi) is 8.38. The summed E-state index contributed by atoms with van der Waals surface area (Å²) in [5, 5.41) is 3.15. The zero-order valence-electron chi connectivity index (χ0n) is 15.4. The minimum atomic E-state index is 0. The predicted molar refractivity (Wildman–Crippen MR) is 117 cm³/mol. The van der Waals surface area contributed by atoms with Crippen molar-refractivity contribution in [3.63, 3.8) is 0 Å². The molecule has 5 heteroatoms. The van der Waals surface area contributed by atoms with Crippen LogP contribution in [0.3, 0.4) is 0 Å². The van der Waals surface area contributed by atoms with Gasteiger partial charge in [0.25, 0.3) is 0 Å². The first-order chi connectivity index (χ1) is 11.4. The molecule has 0 bridgehead atoms. The quantitative estimate of drug-likeness (QED) is 0.393. The van der Waals surface area contributed by atoms with Gasteiger partial charge in [0.05, 0.1) is 13.2 Å². The number of aliphatic imine (C=N–C) groups is 1. The van der Waals surface area contributed by atoms with Crippen molar-refractivity contribution in [3.05, 3.63) is 65.2 Å². The van der Waals surface area contributed by atoms with Gasteiger partial charge in [0, 0.05) is 18.4 Å². The lowest BCUT2D eigenvalue weighted by molar-refractivity contribution is 0.185. The molecule has 3 N–H and O–H groups in total. The second-order valence-electron chi connectivity index (χ2n) is 6.86. The maximum Gasteiger partial charge on any atom is 0.193 e. The van der Waals surface area contributed by atoms with E-state index in [2.05, 4.69) is 55.3 Å². The predicted octanol–water partition coefficient (Wildman–Crippen LogP) is 4.68. The fourth-order valence-electron chi connectivity index (χ4n) is 2.39. The van der Waals surface area contributed by atoms with Gasteiger partial charge in [-0.05, 0) is 22.6 Å². The molecular formula is C20H28IN3O. The molecule has 2 rings (SSSR count). The van der Waals surface area contributed by atoms with Crippen LogP contribution in [-0.2, 0) is 23.3 Å². The number of nitrogens with one attached hydrogen (secondary N) is 1. The first-order valence-corrected chi connectivity index (χ1v) is 8.13. The summed E-state index contributed by atoms with van der Waals surface area (Å²) in [5.74, 6) is 0.401. The number of para-hydroxylation sites is 1. The minimum Gasteiger partial charge on any atom is -0.380 e. The third-order valence-electron chi connectivity index (χ3n) is 3.83. The van der Waals surface area contributed by atoms with Gasteiger partial charge >= 0.3 is 0 Å². The SMILES string of the molecule is COCc1ccccc1NC(N)=NCc1ccc(C(C)(C)C)cc1.I. The number of anilines is 1. The number of guanidine groups is 1. The van der Waals surface area contributed by atoms with E-state index < -0.39 is 0 Å². The van der Waals surface area contributed by atoms with Crippen LogP contribution in [0.1, 0.15) is 37.5 Å². The van der Waals surface area contributed by atoms with E-state index in [0.29, 0.717) is 19.1 Å². The number of nitrogens with zero attached hydrogens (tertiary/aromatic N) is 1. The van der Waals surface area contributed by atoms with Gasteiger partial charge < -0.3 is 15.8 Å². The molecule has 2 aromatic carbocycles. The smallest absolute Gasteiger partial charge is 0.193 e. The average molecular weight is 453 g/mol. The van der Waals surface area contributed by atoms with Crippen molar-refractivity contribution in [2.24, 2.45) is 10.7 Å². The Balaban J connectivity index is 0.00000312. The second-order valence-corrected chi connectivity index (χ2v) is 6.86. The maximum absolute atomic E-state index is 6.02. The first-order valence-electron chi connectivity index (χ1n) is 8.13. The molecule has 0 fully saturated rings. The van der Waals surface area contributed by atoms with Crippen LogP contribution in [0, 0.1) is 0 Å². The van der Waals surface area contributed by atoms with Gasteiger partial charge in [0.15, 0.2) is 5.96 Å². The van der Waals surface area contributed by atoms with Crippen LogP contribution in [0.25, 0.3) is 0 Å². The number of nitrogens with two attached hydrogens (primary N) is 1. The number of rotatable bonds is 5. The van der Waals surface area contributed by atoms with Crippen LogP contribution < -0.4 is 11.1 Å².